The monoisotopic (exact) mass is 302 g/mol. The van der Waals surface area contributed by atoms with Crippen LogP contribution >= 0.6 is 11.6 Å². The van der Waals surface area contributed by atoms with Crippen molar-refractivity contribution in [2.45, 2.75) is 0 Å². The molecule has 0 fully saturated rings. The molecule has 3 rings (SSSR count). The van der Waals surface area contributed by atoms with Crippen LogP contribution in [0.15, 0.2) is 42.6 Å². The first-order chi connectivity index (χ1) is 10.2. The number of hydrogen-bond acceptors (Lipinski definition) is 4. The lowest BCUT2D eigenvalue weighted by atomic mass is 10.2. The molecule has 1 aromatic carbocycles. The molecule has 2 aromatic rings. The van der Waals surface area contributed by atoms with Crippen LogP contribution in [0.1, 0.15) is 5.56 Å². The number of rotatable bonds is 3. The average Bonchev–Trinajstić information content (AvgIpc) is 2.95. The van der Waals surface area contributed by atoms with Crippen molar-refractivity contribution < 1.29 is 14.3 Å². The third-order valence-corrected chi connectivity index (χ3v) is 3.13. The summed E-state index contributed by atoms with van der Waals surface area (Å²) in [7, 11) is 0. The van der Waals surface area contributed by atoms with E-state index in [0.717, 1.165) is 5.56 Å². The Morgan fingerprint density at radius 3 is 3.00 bits per heavy atom. The van der Waals surface area contributed by atoms with Crippen molar-refractivity contribution in [3.8, 4) is 11.5 Å². The van der Waals surface area contributed by atoms with Gasteiger partial charge in [0.1, 0.15) is 0 Å². The second kappa shape index (κ2) is 5.85. The smallest absolute Gasteiger partial charge is 0.249 e. The number of aromatic nitrogens is 1. The zero-order chi connectivity index (χ0) is 14.7. The highest BCUT2D eigenvalue weighted by Crippen LogP contribution is 2.32. The zero-order valence-corrected chi connectivity index (χ0v) is 11.6. The Morgan fingerprint density at radius 1 is 1.29 bits per heavy atom. The molecule has 106 valence electrons. The van der Waals surface area contributed by atoms with Crippen LogP contribution in [0.4, 0.5) is 5.82 Å². The first-order valence-electron chi connectivity index (χ1n) is 6.21. The van der Waals surface area contributed by atoms with E-state index in [2.05, 4.69) is 10.3 Å². The Balaban J connectivity index is 1.68. The normalized spacial score (nSPS) is 12.6. The summed E-state index contributed by atoms with van der Waals surface area (Å²) in [5.41, 5.74) is 0.835. The molecule has 1 aliphatic heterocycles. The lowest BCUT2D eigenvalue weighted by molar-refractivity contribution is -0.111. The Bertz CT molecular complexity index is 716. The minimum Gasteiger partial charge on any atom is -0.454 e. The number of pyridine rings is 1. The van der Waals surface area contributed by atoms with E-state index >= 15 is 0 Å². The van der Waals surface area contributed by atoms with E-state index in [1.54, 1.807) is 36.5 Å². The van der Waals surface area contributed by atoms with Crippen LogP contribution in [-0.4, -0.2) is 17.7 Å². The summed E-state index contributed by atoms with van der Waals surface area (Å²) in [5.74, 6) is 1.40. The molecule has 2 heterocycles. The lowest BCUT2D eigenvalue weighted by Crippen LogP contribution is -2.09. The van der Waals surface area contributed by atoms with Crippen LogP contribution in [-0.2, 0) is 4.79 Å². The molecule has 0 bridgehead atoms. The largest absolute Gasteiger partial charge is 0.454 e. The Kier molecular flexibility index (Phi) is 3.75. The van der Waals surface area contributed by atoms with E-state index in [0.29, 0.717) is 22.3 Å². The topological polar surface area (TPSA) is 60.5 Å². The van der Waals surface area contributed by atoms with E-state index in [4.69, 9.17) is 21.1 Å². The summed E-state index contributed by atoms with van der Waals surface area (Å²) in [6.07, 6.45) is 4.64. The van der Waals surface area contributed by atoms with Gasteiger partial charge in [0.2, 0.25) is 12.7 Å². The van der Waals surface area contributed by atoms with Crippen molar-refractivity contribution in [1.82, 2.24) is 4.98 Å². The van der Waals surface area contributed by atoms with Crippen molar-refractivity contribution in [2.24, 2.45) is 0 Å². The maximum atomic E-state index is 11.8. The van der Waals surface area contributed by atoms with Gasteiger partial charge in [0.15, 0.2) is 17.3 Å². The lowest BCUT2D eigenvalue weighted by Gasteiger charge is -2.02. The Morgan fingerprint density at radius 2 is 2.14 bits per heavy atom. The number of anilines is 1. The number of carbonyl (C=O) groups excluding carboxylic acids is 1. The van der Waals surface area contributed by atoms with Crippen LogP contribution in [0.3, 0.4) is 0 Å². The standard InChI is InChI=1S/C15H11ClN2O3/c16-11-2-1-7-17-15(11)18-14(19)6-4-10-3-5-12-13(8-10)21-9-20-12/h1-8H,9H2,(H,17,18,19)/b6-4+. The summed E-state index contributed by atoms with van der Waals surface area (Å²) in [4.78, 5) is 15.8. The highest BCUT2D eigenvalue weighted by Gasteiger charge is 2.12. The fraction of sp³-hybridized carbons (Fsp3) is 0.0667. The highest BCUT2D eigenvalue weighted by molar-refractivity contribution is 6.33. The number of carbonyl (C=O) groups is 1. The van der Waals surface area contributed by atoms with E-state index in [1.165, 1.54) is 6.08 Å². The molecule has 1 aliphatic rings. The summed E-state index contributed by atoms with van der Waals surface area (Å²) >= 11 is 5.92. The SMILES string of the molecule is O=C(/C=C/c1ccc2c(c1)OCO2)Nc1ncccc1Cl. The predicted octanol–water partition coefficient (Wildman–Crippen LogP) is 3.12. The van der Waals surface area contributed by atoms with Gasteiger partial charge in [-0.2, -0.15) is 0 Å². The summed E-state index contributed by atoms with van der Waals surface area (Å²) < 4.78 is 10.5. The van der Waals surface area contributed by atoms with Crippen LogP contribution in [0, 0.1) is 0 Å². The van der Waals surface area contributed by atoms with E-state index in [9.17, 15) is 4.79 Å². The average molecular weight is 303 g/mol. The molecule has 0 radical (unpaired) electrons. The van der Waals surface area contributed by atoms with Crippen LogP contribution in [0.25, 0.3) is 6.08 Å². The molecule has 1 amide bonds. The summed E-state index contributed by atoms with van der Waals surface area (Å²) in [5, 5.41) is 3.00. The van der Waals surface area contributed by atoms with Gasteiger partial charge in [-0.3, -0.25) is 4.79 Å². The molecule has 0 spiro atoms. The highest BCUT2D eigenvalue weighted by atomic mass is 35.5. The summed E-state index contributed by atoms with van der Waals surface area (Å²) in [6, 6.07) is 8.80. The molecule has 0 atom stereocenters. The maximum Gasteiger partial charge on any atom is 0.249 e. The molecule has 1 aromatic heterocycles. The molecule has 1 N–H and O–H groups in total. The second-order valence-corrected chi connectivity index (χ2v) is 4.68. The van der Waals surface area contributed by atoms with E-state index in [-0.39, 0.29) is 12.7 Å². The van der Waals surface area contributed by atoms with Crippen molar-refractivity contribution >= 4 is 29.4 Å². The van der Waals surface area contributed by atoms with Gasteiger partial charge in [-0.1, -0.05) is 17.7 Å². The molecule has 21 heavy (non-hydrogen) atoms. The van der Waals surface area contributed by atoms with Crippen molar-refractivity contribution in [2.75, 3.05) is 12.1 Å². The van der Waals surface area contributed by atoms with Gasteiger partial charge in [0.05, 0.1) is 5.02 Å². The third kappa shape index (κ3) is 3.14. The molecule has 0 saturated heterocycles. The minimum atomic E-state index is -0.312. The second-order valence-electron chi connectivity index (χ2n) is 4.27. The fourth-order valence-corrected chi connectivity index (χ4v) is 1.99. The maximum absolute atomic E-state index is 11.8. The van der Waals surface area contributed by atoms with Gasteiger partial charge < -0.3 is 14.8 Å². The quantitative estimate of drug-likeness (QED) is 0.885. The minimum absolute atomic E-state index is 0.223. The number of nitrogens with one attached hydrogen (secondary N) is 1. The summed E-state index contributed by atoms with van der Waals surface area (Å²) in [6.45, 7) is 0.223. The number of amides is 1. The molecular formula is C15H11ClN2O3. The van der Waals surface area contributed by atoms with Gasteiger partial charge in [0, 0.05) is 12.3 Å². The van der Waals surface area contributed by atoms with Crippen LogP contribution in [0.2, 0.25) is 5.02 Å². The predicted molar refractivity (Wildman–Crippen MR) is 79.5 cm³/mol. The zero-order valence-electron chi connectivity index (χ0n) is 10.9. The van der Waals surface area contributed by atoms with E-state index < -0.39 is 0 Å². The Labute approximate surface area is 126 Å². The van der Waals surface area contributed by atoms with Gasteiger partial charge in [-0.05, 0) is 35.9 Å². The number of hydrogen-bond donors (Lipinski definition) is 1. The van der Waals surface area contributed by atoms with E-state index in [1.807, 2.05) is 6.07 Å². The van der Waals surface area contributed by atoms with Crippen molar-refractivity contribution in [3.05, 3.63) is 53.2 Å². The first kappa shape index (κ1) is 13.5. The van der Waals surface area contributed by atoms with Gasteiger partial charge in [-0.15, -0.1) is 0 Å². The number of nitrogens with zero attached hydrogens (tertiary/aromatic N) is 1. The number of halogens is 1. The molecule has 0 aliphatic carbocycles. The van der Waals surface area contributed by atoms with Crippen LogP contribution in [0.5, 0.6) is 11.5 Å². The molecule has 6 heteroatoms. The van der Waals surface area contributed by atoms with Gasteiger partial charge in [0.25, 0.3) is 0 Å². The molecular weight excluding hydrogens is 292 g/mol. The van der Waals surface area contributed by atoms with Gasteiger partial charge >= 0.3 is 0 Å². The van der Waals surface area contributed by atoms with Crippen LogP contribution < -0.4 is 14.8 Å². The third-order valence-electron chi connectivity index (χ3n) is 2.82. The molecule has 0 unspecified atom stereocenters. The molecule has 5 nitrogen and oxygen atoms in total. The number of ether oxygens (including phenoxy) is 2. The number of fused-ring (bicyclic) bond motifs is 1. The Hall–Kier alpha value is -2.53. The van der Waals surface area contributed by atoms with Crippen molar-refractivity contribution in [3.63, 3.8) is 0 Å². The fourth-order valence-electron chi connectivity index (χ4n) is 1.82. The number of benzene rings is 1. The van der Waals surface area contributed by atoms with Gasteiger partial charge in [-0.25, -0.2) is 4.98 Å². The first-order valence-corrected chi connectivity index (χ1v) is 6.59. The molecule has 0 saturated carbocycles. The van der Waals surface area contributed by atoms with Crippen molar-refractivity contribution in [1.29, 1.82) is 0 Å².